The van der Waals surface area contributed by atoms with E-state index in [1.165, 1.54) is 17.8 Å². The first-order chi connectivity index (χ1) is 23.9. The second-order valence-corrected chi connectivity index (χ2v) is 13.0. The molecule has 0 atom stereocenters. The molecule has 244 valence electrons. The zero-order chi connectivity index (χ0) is 34.3. The highest BCUT2D eigenvalue weighted by Gasteiger charge is 2.23. The third kappa shape index (κ3) is 7.23. The molecule has 6 rings (SSSR count). The highest BCUT2D eigenvalue weighted by Crippen LogP contribution is 2.48. The van der Waals surface area contributed by atoms with Crippen LogP contribution in [-0.2, 0) is 16.1 Å². The fourth-order valence-electron chi connectivity index (χ4n) is 6.45. The van der Waals surface area contributed by atoms with Gasteiger partial charge in [-0.3, -0.25) is 0 Å². The molecule has 0 aliphatic carbocycles. The minimum atomic E-state index is -1.23. The van der Waals surface area contributed by atoms with Crippen molar-refractivity contribution in [3.63, 3.8) is 0 Å². The van der Waals surface area contributed by atoms with Crippen molar-refractivity contribution < 1.29 is 19.8 Å². The minimum Gasteiger partial charge on any atom is -0.477 e. The molecule has 0 bridgehead atoms. The first-order valence-corrected chi connectivity index (χ1v) is 17.1. The number of para-hydroxylation sites is 2. The Balaban J connectivity index is 1.06. The van der Waals surface area contributed by atoms with Gasteiger partial charge in [0.05, 0.1) is 11.4 Å². The Morgan fingerprint density at radius 2 is 1.20 bits per heavy atom. The Hall–Kier alpha value is -5.77. The Labute approximate surface area is 288 Å². The summed E-state index contributed by atoms with van der Waals surface area (Å²) in [5.41, 5.74) is 5.32. The number of hydrogen-bond donors (Lipinski definition) is 2. The number of aromatic nitrogens is 1. The molecule has 0 saturated heterocycles. The maximum atomic E-state index is 11.4. The summed E-state index contributed by atoms with van der Waals surface area (Å²) in [6, 6.07) is 31.8. The van der Waals surface area contributed by atoms with Crippen molar-refractivity contribution in [2.24, 2.45) is 0 Å². The lowest BCUT2D eigenvalue weighted by Gasteiger charge is -2.33. The zero-order valence-electron chi connectivity index (χ0n) is 26.8. The van der Waals surface area contributed by atoms with E-state index in [-0.39, 0.29) is 11.1 Å². The van der Waals surface area contributed by atoms with E-state index in [9.17, 15) is 30.3 Å². The second-order valence-electron chi connectivity index (χ2n) is 12.0. The van der Waals surface area contributed by atoms with Crippen LogP contribution in [0.4, 0.5) is 11.4 Å². The Bertz CT molecular complexity index is 2220. The van der Waals surface area contributed by atoms with Crippen molar-refractivity contribution in [1.29, 1.82) is 10.5 Å². The Morgan fingerprint density at radius 1 is 0.633 bits per heavy atom. The molecule has 1 aromatic heterocycles. The molecule has 0 amide bonds. The van der Waals surface area contributed by atoms with Crippen LogP contribution in [0.1, 0.15) is 49.7 Å². The first-order valence-electron chi connectivity index (χ1n) is 16.3. The molecular weight excluding hydrogens is 633 g/mol. The SMILES string of the molecule is N#C/C(=C\c1ccc2c(c1)Sc1ccccc1N2CCCCCCCCn1c2ccccc2c2cc(/C=C(\C#N)C(=O)O)ccc21)C(=O)O. The van der Waals surface area contributed by atoms with E-state index in [0.717, 1.165) is 88.9 Å². The number of benzene rings is 4. The van der Waals surface area contributed by atoms with Crippen LogP contribution in [0.5, 0.6) is 0 Å². The average molecular weight is 667 g/mol. The third-order valence-corrected chi connectivity index (χ3v) is 9.90. The number of aliphatic carboxylic acids is 2. The van der Waals surface area contributed by atoms with Crippen LogP contribution in [0.25, 0.3) is 34.0 Å². The Morgan fingerprint density at radius 3 is 1.92 bits per heavy atom. The summed E-state index contributed by atoms with van der Waals surface area (Å²) in [6.45, 7) is 1.76. The van der Waals surface area contributed by atoms with Crippen molar-refractivity contribution >= 4 is 69.0 Å². The molecule has 0 unspecified atom stereocenters. The van der Waals surface area contributed by atoms with Crippen LogP contribution >= 0.6 is 11.8 Å². The van der Waals surface area contributed by atoms with E-state index < -0.39 is 11.9 Å². The summed E-state index contributed by atoms with van der Waals surface area (Å²) in [5, 5.41) is 39.1. The van der Waals surface area contributed by atoms with E-state index in [1.54, 1.807) is 23.9 Å². The predicted octanol–water partition coefficient (Wildman–Crippen LogP) is 9.42. The van der Waals surface area contributed by atoms with Gasteiger partial charge in [0.15, 0.2) is 0 Å². The standard InChI is InChI=1S/C40H34N4O4S/c41-25-29(39(45)46)21-27-15-17-34-32(23-27)31-11-5-6-12-33(31)43(34)19-9-3-1-2-4-10-20-44-35-13-7-8-14-37(35)49-38-24-28(16-18-36(38)44)22-30(26-42)40(47)48/h5-8,11-18,21-24H,1-4,9-10,19-20H2,(H,45,46)(H,47,48)/b29-21+,30-22+. The average Bonchev–Trinajstić information content (AvgIpc) is 3.42. The third-order valence-electron chi connectivity index (χ3n) is 8.78. The van der Waals surface area contributed by atoms with E-state index in [2.05, 4.69) is 39.8 Å². The van der Waals surface area contributed by atoms with Gasteiger partial charge in [-0.05, 0) is 78.6 Å². The molecule has 2 heterocycles. The smallest absolute Gasteiger partial charge is 0.346 e. The lowest BCUT2D eigenvalue weighted by Crippen LogP contribution is -2.22. The monoisotopic (exact) mass is 666 g/mol. The molecule has 9 heteroatoms. The molecule has 0 fully saturated rings. The van der Waals surface area contributed by atoms with Gasteiger partial charge in [0, 0.05) is 44.7 Å². The highest BCUT2D eigenvalue weighted by atomic mass is 32.2. The predicted molar refractivity (Wildman–Crippen MR) is 194 cm³/mol. The Kier molecular flexibility index (Phi) is 10.1. The topological polar surface area (TPSA) is 130 Å². The maximum absolute atomic E-state index is 11.4. The number of fused-ring (bicyclic) bond motifs is 5. The summed E-state index contributed by atoms with van der Waals surface area (Å²) < 4.78 is 2.34. The van der Waals surface area contributed by atoms with Crippen molar-refractivity contribution in [2.45, 2.75) is 54.9 Å². The summed E-state index contributed by atoms with van der Waals surface area (Å²) in [6.07, 6.45) is 9.42. The number of carboxylic acids is 2. The van der Waals surface area contributed by atoms with Crippen LogP contribution in [-0.4, -0.2) is 33.3 Å². The van der Waals surface area contributed by atoms with Gasteiger partial charge >= 0.3 is 11.9 Å². The molecule has 2 N–H and O–H groups in total. The normalized spacial score (nSPS) is 12.7. The number of hydrogen-bond acceptors (Lipinski definition) is 6. The largest absolute Gasteiger partial charge is 0.477 e. The quantitative estimate of drug-likeness (QED) is 0.0722. The van der Waals surface area contributed by atoms with Gasteiger partial charge in [0.2, 0.25) is 0 Å². The summed E-state index contributed by atoms with van der Waals surface area (Å²) in [5.74, 6) is -2.46. The molecule has 0 radical (unpaired) electrons. The number of carboxylic acid groups (broad SMARTS) is 2. The van der Waals surface area contributed by atoms with Crippen LogP contribution in [0, 0.1) is 22.7 Å². The first kappa shape index (κ1) is 33.1. The van der Waals surface area contributed by atoms with Gasteiger partial charge in [-0.15, -0.1) is 0 Å². The van der Waals surface area contributed by atoms with Crippen molar-refractivity contribution in [3.8, 4) is 12.1 Å². The van der Waals surface area contributed by atoms with Gasteiger partial charge in [-0.25, -0.2) is 9.59 Å². The molecule has 1 aliphatic heterocycles. The highest BCUT2D eigenvalue weighted by molar-refractivity contribution is 7.99. The second kappa shape index (κ2) is 15.0. The molecule has 4 aromatic carbocycles. The van der Waals surface area contributed by atoms with E-state index in [0.29, 0.717) is 11.1 Å². The van der Waals surface area contributed by atoms with Crippen molar-refractivity contribution in [1.82, 2.24) is 4.57 Å². The minimum absolute atomic E-state index is 0.287. The van der Waals surface area contributed by atoms with Crippen LogP contribution in [0.2, 0.25) is 0 Å². The summed E-state index contributed by atoms with van der Waals surface area (Å²) in [7, 11) is 0. The fraction of sp³-hybridized carbons (Fsp3) is 0.200. The van der Waals surface area contributed by atoms with Crippen molar-refractivity contribution in [2.75, 3.05) is 11.4 Å². The van der Waals surface area contributed by atoms with Crippen LogP contribution < -0.4 is 4.90 Å². The van der Waals surface area contributed by atoms with Gasteiger partial charge in [0.1, 0.15) is 23.3 Å². The molecule has 49 heavy (non-hydrogen) atoms. The molecule has 0 spiro atoms. The molecule has 0 saturated carbocycles. The number of unbranched alkanes of at least 4 members (excludes halogenated alkanes) is 5. The zero-order valence-corrected chi connectivity index (χ0v) is 27.6. The summed E-state index contributed by atoms with van der Waals surface area (Å²) >= 11 is 1.66. The van der Waals surface area contributed by atoms with Gasteiger partial charge in [-0.2, -0.15) is 10.5 Å². The molecule has 1 aliphatic rings. The van der Waals surface area contributed by atoms with E-state index in [4.69, 9.17) is 0 Å². The number of carbonyl (C=O) groups is 2. The molecule has 5 aromatic rings. The van der Waals surface area contributed by atoms with E-state index >= 15 is 0 Å². The fourth-order valence-corrected chi connectivity index (χ4v) is 7.59. The maximum Gasteiger partial charge on any atom is 0.346 e. The molecular formula is C40H34N4O4S. The number of rotatable bonds is 13. The van der Waals surface area contributed by atoms with E-state index in [1.807, 2.05) is 54.6 Å². The van der Waals surface area contributed by atoms with Crippen LogP contribution in [0.3, 0.4) is 0 Å². The van der Waals surface area contributed by atoms with Gasteiger partial charge in [0.25, 0.3) is 0 Å². The number of nitrogens with zero attached hydrogens (tertiary/aromatic N) is 4. The molecule has 8 nitrogen and oxygen atoms in total. The van der Waals surface area contributed by atoms with Crippen LogP contribution in [0.15, 0.2) is 106 Å². The number of anilines is 2. The van der Waals surface area contributed by atoms with Gasteiger partial charge in [-0.1, -0.05) is 79.9 Å². The lowest BCUT2D eigenvalue weighted by atomic mass is 10.1. The van der Waals surface area contributed by atoms with Gasteiger partial charge < -0.3 is 19.7 Å². The number of aryl methyl sites for hydroxylation is 1. The number of nitriles is 2. The lowest BCUT2D eigenvalue weighted by molar-refractivity contribution is -0.133. The van der Waals surface area contributed by atoms with Crippen molar-refractivity contribution in [3.05, 3.63) is 107 Å². The summed E-state index contributed by atoms with van der Waals surface area (Å²) in [4.78, 5) is 27.2.